The first-order chi connectivity index (χ1) is 23.2. The maximum Gasteiger partial charge on any atom is 0.249 e. The molecule has 2 fully saturated rings. The van der Waals surface area contributed by atoms with E-state index in [1.165, 1.54) is 24.3 Å². The molecule has 2 aliphatic heterocycles. The zero-order valence-electron chi connectivity index (χ0n) is 25.6. The molecular weight excluding hydrogens is 612 g/mol. The van der Waals surface area contributed by atoms with Crippen LogP contribution in [0.15, 0.2) is 121 Å². The number of amides is 4. The number of fused-ring (bicyclic) bond motifs is 6. The highest BCUT2D eigenvalue weighted by Crippen LogP contribution is 2.63. The van der Waals surface area contributed by atoms with Gasteiger partial charge >= 0.3 is 0 Å². The second-order valence-electron chi connectivity index (χ2n) is 12.5. The molecule has 7 nitrogen and oxygen atoms in total. The topological polar surface area (TPSA) is 87.7 Å². The van der Waals surface area contributed by atoms with Crippen molar-refractivity contribution >= 4 is 35.0 Å². The number of nitrogens with zero attached hydrogens (tertiary/aromatic N) is 3. The van der Waals surface area contributed by atoms with Crippen LogP contribution in [0, 0.1) is 30.4 Å². The molecule has 48 heavy (non-hydrogen) atoms. The fourth-order valence-corrected chi connectivity index (χ4v) is 8.21. The molecule has 0 radical (unpaired) electrons. The van der Waals surface area contributed by atoms with Crippen LogP contribution < -0.4 is 9.80 Å². The van der Waals surface area contributed by atoms with Crippen molar-refractivity contribution in [1.29, 1.82) is 0 Å². The van der Waals surface area contributed by atoms with Crippen LogP contribution in [0.4, 0.5) is 20.2 Å². The highest BCUT2D eigenvalue weighted by atomic mass is 19.1. The lowest BCUT2D eigenvalue weighted by atomic mass is 9.49. The average molecular weight is 640 g/mol. The van der Waals surface area contributed by atoms with Gasteiger partial charge in [-0.05, 0) is 84.3 Å². The predicted octanol–water partition coefficient (Wildman–Crippen LogP) is 5.83. The Bertz CT molecular complexity index is 2150. The fraction of sp³-hybridized carbons (Fsp3) is 0.154. The van der Waals surface area contributed by atoms with Gasteiger partial charge in [-0.25, -0.2) is 18.6 Å². The Balaban J connectivity index is 1.47. The van der Waals surface area contributed by atoms with E-state index in [0.29, 0.717) is 28.1 Å². The van der Waals surface area contributed by atoms with Gasteiger partial charge in [-0.15, -0.1) is 0 Å². The van der Waals surface area contributed by atoms with Crippen LogP contribution in [0.3, 0.4) is 0 Å². The first kappa shape index (κ1) is 29.6. The van der Waals surface area contributed by atoms with Crippen molar-refractivity contribution in [3.8, 4) is 0 Å². The number of aromatic nitrogens is 1. The SMILES string of the molecule is Cc1cccc(C[C@]23C(=O)N(c4ccc(F)cc4)C(=O)[C@H]2[C@@H]2C(=O)N(c4ccc(F)cc4)C(=O)[C@]2(c2ccccc2)c2ccccc23)n1. The Morgan fingerprint density at radius 1 is 0.604 bits per heavy atom. The van der Waals surface area contributed by atoms with Crippen LogP contribution in [0.25, 0.3) is 0 Å². The molecule has 1 aromatic heterocycles. The maximum absolute atomic E-state index is 15.1. The highest BCUT2D eigenvalue weighted by Gasteiger charge is 2.77. The van der Waals surface area contributed by atoms with E-state index in [9.17, 15) is 8.78 Å². The van der Waals surface area contributed by atoms with E-state index >= 15 is 19.2 Å². The number of benzene rings is 4. The molecule has 3 heterocycles. The van der Waals surface area contributed by atoms with E-state index in [0.717, 1.165) is 34.1 Å². The van der Waals surface area contributed by atoms with Crippen molar-refractivity contribution in [2.24, 2.45) is 11.8 Å². The zero-order chi connectivity index (χ0) is 33.4. The summed E-state index contributed by atoms with van der Waals surface area (Å²) < 4.78 is 28.2. The summed E-state index contributed by atoms with van der Waals surface area (Å²) in [6.07, 6.45) is -0.0436. The Kier molecular flexibility index (Phi) is 6.53. The number of aryl methyl sites for hydroxylation is 1. The maximum atomic E-state index is 15.1. The summed E-state index contributed by atoms with van der Waals surface area (Å²) in [6, 6.07) is 31.2. The third kappa shape index (κ3) is 3.87. The smallest absolute Gasteiger partial charge is 0.249 e. The van der Waals surface area contributed by atoms with E-state index < -0.39 is 57.9 Å². The standard InChI is InChI=1S/C39H27F2N3O4/c1-23-8-7-11-27(42-23)22-38-30-12-5-6-13-31(30)39(24-9-3-2-4-10-24)33(35(46)44(37(39)48)29-20-16-26(41)17-21-29)32(38)34(45)43(36(38)47)28-18-14-25(40)15-19-28/h2-21,32-33H,22H2,1H3/t32-,33-,38-,39-/m1/s1. The normalized spacial score (nSPS) is 24.5. The summed E-state index contributed by atoms with van der Waals surface area (Å²) in [5.41, 5.74) is -0.528. The molecule has 4 amide bonds. The molecule has 8 rings (SSSR count). The number of imide groups is 2. The van der Waals surface area contributed by atoms with Gasteiger partial charge in [0.05, 0.1) is 28.6 Å². The second-order valence-corrected chi connectivity index (χ2v) is 12.5. The number of halogens is 2. The third-order valence-corrected chi connectivity index (χ3v) is 10.1. The lowest BCUT2D eigenvalue weighted by Gasteiger charge is -2.47. The number of carbonyl (C=O) groups excluding carboxylic acids is 4. The predicted molar refractivity (Wildman–Crippen MR) is 173 cm³/mol. The number of pyridine rings is 1. The van der Waals surface area contributed by atoms with E-state index in [2.05, 4.69) is 0 Å². The van der Waals surface area contributed by atoms with Gasteiger partial charge in [-0.3, -0.25) is 24.2 Å². The summed E-state index contributed by atoms with van der Waals surface area (Å²) >= 11 is 0. The summed E-state index contributed by atoms with van der Waals surface area (Å²) in [6.45, 7) is 1.82. The van der Waals surface area contributed by atoms with Crippen LogP contribution in [0.1, 0.15) is 28.1 Å². The summed E-state index contributed by atoms with van der Waals surface area (Å²) in [5.74, 6) is -6.40. The van der Waals surface area contributed by atoms with E-state index in [4.69, 9.17) is 4.98 Å². The molecule has 236 valence electrons. The van der Waals surface area contributed by atoms with Crippen LogP contribution in [0.5, 0.6) is 0 Å². The van der Waals surface area contributed by atoms with E-state index in [-0.39, 0.29) is 17.8 Å². The van der Waals surface area contributed by atoms with Crippen molar-refractivity contribution in [2.45, 2.75) is 24.2 Å². The molecule has 0 N–H and O–H groups in total. The monoisotopic (exact) mass is 639 g/mol. The van der Waals surface area contributed by atoms with Crippen LogP contribution in [-0.4, -0.2) is 28.6 Å². The Morgan fingerprint density at radius 2 is 1.15 bits per heavy atom. The first-order valence-electron chi connectivity index (χ1n) is 15.6. The molecule has 3 aliphatic rings. The van der Waals surface area contributed by atoms with Gasteiger partial charge in [0.25, 0.3) is 0 Å². The minimum Gasteiger partial charge on any atom is -0.274 e. The lowest BCUT2D eigenvalue weighted by molar-refractivity contribution is -0.133. The number of anilines is 2. The molecular formula is C39H27F2N3O4. The summed E-state index contributed by atoms with van der Waals surface area (Å²) in [7, 11) is 0. The fourth-order valence-electron chi connectivity index (χ4n) is 8.21. The molecule has 0 bridgehead atoms. The van der Waals surface area contributed by atoms with Gasteiger partial charge in [0.15, 0.2) is 0 Å². The largest absolute Gasteiger partial charge is 0.274 e. The van der Waals surface area contributed by atoms with Gasteiger partial charge in [0, 0.05) is 17.8 Å². The van der Waals surface area contributed by atoms with Crippen LogP contribution in [0.2, 0.25) is 0 Å². The zero-order valence-corrected chi connectivity index (χ0v) is 25.6. The van der Waals surface area contributed by atoms with Gasteiger partial charge < -0.3 is 0 Å². The highest BCUT2D eigenvalue weighted by molar-refractivity contribution is 6.33. The van der Waals surface area contributed by atoms with Gasteiger partial charge in [0.1, 0.15) is 17.0 Å². The van der Waals surface area contributed by atoms with Crippen molar-refractivity contribution < 1.29 is 28.0 Å². The summed E-state index contributed by atoms with van der Waals surface area (Å²) in [4.78, 5) is 67.1. The van der Waals surface area contributed by atoms with Gasteiger partial charge in [-0.2, -0.15) is 0 Å². The van der Waals surface area contributed by atoms with Crippen molar-refractivity contribution in [3.63, 3.8) is 0 Å². The molecule has 4 atom stereocenters. The number of hydrogen-bond donors (Lipinski definition) is 0. The minimum absolute atomic E-state index is 0.0436. The first-order valence-corrected chi connectivity index (χ1v) is 15.6. The number of carbonyl (C=O) groups is 4. The molecule has 2 saturated heterocycles. The minimum atomic E-state index is -1.72. The molecule has 0 spiro atoms. The van der Waals surface area contributed by atoms with Gasteiger partial charge in [-0.1, -0.05) is 60.7 Å². The van der Waals surface area contributed by atoms with Crippen molar-refractivity contribution in [1.82, 2.24) is 4.98 Å². The molecule has 1 aliphatic carbocycles. The van der Waals surface area contributed by atoms with Crippen molar-refractivity contribution in [2.75, 3.05) is 9.80 Å². The van der Waals surface area contributed by atoms with Gasteiger partial charge in [0.2, 0.25) is 23.6 Å². The molecule has 0 saturated carbocycles. The molecule has 5 aromatic rings. The Hall–Kier alpha value is -5.83. The van der Waals surface area contributed by atoms with Crippen molar-refractivity contribution in [3.05, 3.63) is 161 Å². The molecule has 4 aromatic carbocycles. The third-order valence-electron chi connectivity index (χ3n) is 10.1. The number of hydrogen-bond acceptors (Lipinski definition) is 5. The quantitative estimate of drug-likeness (QED) is 0.226. The van der Waals surface area contributed by atoms with Crippen LogP contribution in [-0.2, 0) is 36.4 Å². The van der Waals surface area contributed by atoms with E-state index in [1.54, 1.807) is 60.7 Å². The molecule has 9 heteroatoms. The Labute approximate surface area is 274 Å². The average Bonchev–Trinajstić information content (AvgIpc) is 3.45. The Morgan fingerprint density at radius 3 is 1.75 bits per heavy atom. The van der Waals surface area contributed by atoms with E-state index in [1.807, 2.05) is 19.1 Å². The molecule has 0 unspecified atom stereocenters. The lowest BCUT2D eigenvalue weighted by Crippen LogP contribution is -2.58. The number of rotatable bonds is 5. The summed E-state index contributed by atoms with van der Waals surface area (Å²) in [5, 5.41) is 0. The van der Waals surface area contributed by atoms with Crippen LogP contribution >= 0.6 is 0 Å². The second kappa shape index (κ2) is 10.6.